The molecule has 16 heavy (non-hydrogen) atoms. The van der Waals surface area contributed by atoms with E-state index >= 15 is 0 Å². The van der Waals surface area contributed by atoms with Gasteiger partial charge in [0.1, 0.15) is 0 Å². The zero-order valence-electron chi connectivity index (χ0n) is 11.8. The summed E-state index contributed by atoms with van der Waals surface area (Å²) in [5.41, 5.74) is 1.35. The molecule has 3 saturated carbocycles. The molecule has 0 unspecified atom stereocenters. The monoisotopic (exact) mass is 222 g/mol. The van der Waals surface area contributed by atoms with Crippen molar-refractivity contribution in [2.75, 3.05) is 0 Å². The van der Waals surface area contributed by atoms with Crippen LogP contribution in [0.3, 0.4) is 0 Å². The fraction of sp³-hybridized carbons (Fsp3) is 1.00. The van der Waals surface area contributed by atoms with Gasteiger partial charge in [-0.1, -0.05) is 40.5 Å². The van der Waals surface area contributed by atoms with Crippen LogP contribution in [0.25, 0.3) is 0 Å². The van der Waals surface area contributed by atoms with Crippen molar-refractivity contribution < 1.29 is 0 Å². The van der Waals surface area contributed by atoms with Gasteiger partial charge in [-0.3, -0.25) is 0 Å². The molecule has 0 aromatic rings. The van der Waals surface area contributed by atoms with E-state index in [9.17, 15) is 0 Å². The molecular formula is C16H30. The van der Waals surface area contributed by atoms with Gasteiger partial charge in [-0.15, -0.1) is 0 Å². The van der Waals surface area contributed by atoms with E-state index < -0.39 is 0 Å². The Morgan fingerprint density at radius 2 is 1.19 bits per heavy atom. The highest BCUT2D eigenvalue weighted by molar-refractivity contribution is 4.91. The van der Waals surface area contributed by atoms with Gasteiger partial charge in [0, 0.05) is 0 Å². The Balaban J connectivity index is 2.21. The lowest BCUT2D eigenvalue weighted by molar-refractivity contribution is 0.0483. The predicted octanol–water partition coefficient (Wildman–Crippen LogP) is 5.42. The molecule has 0 N–H and O–H groups in total. The zero-order chi connectivity index (χ0) is 11.8. The van der Waals surface area contributed by atoms with Crippen LogP contribution in [-0.4, -0.2) is 0 Å². The zero-order valence-corrected chi connectivity index (χ0v) is 11.8. The van der Waals surface area contributed by atoms with E-state index in [2.05, 4.69) is 27.7 Å². The number of fused-ring (bicyclic) bond motifs is 6. The summed E-state index contributed by atoms with van der Waals surface area (Å²) in [5, 5.41) is 0. The first kappa shape index (κ1) is 12.5. The van der Waals surface area contributed by atoms with E-state index in [0.717, 1.165) is 11.8 Å². The largest absolute Gasteiger partial charge is 0.0625 e. The molecule has 0 saturated heterocycles. The van der Waals surface area contributed by atoms with Crippen LogP contribution in [0.2, 0.25) is 0 Å². The molecule has 3 aliphatic carbocycles. The molecule has 0 nitrogen and oxygen atoms in total. The summed E-state index contributed by atoms with van der Waals surface area (Å²) in [6, 6.07) is 0. The molecule has 3 fully saturated rings. The second-order valence-corrected chi connectivity index (χ2v) is 7.74. The SMILES string of the molecule is CC(C)C1CC2(C)CCCC(C)(CCC2)C1. The molecule has 0 amide bonds. The van der Waals surface area contributed by atoms with E-state index in [4.69, 9.17) is 0 Å². The van der Waals surface area contributed by atoms with Crippen molar-refractivity contribution >= 4 is 0 Å². The highest BCUT2D eigenvalue weighted by Crippen LogP contribution is 2.52. The molecule has 0 heteroatoms. The lowest BCUT2D eigenvalue weighted by Gasteiger charge is -2.47. The summed E-state index contributed by atoms with van der Waals surface area (Å²) in [6.45, 7) is 10.0. The van der Waals surface area contributed by atoms with Gasteiger partial charge in [0.25, 0.3) is 0 Å². The van der Waals surface area contributed by atoms with Crippen LogP contribution in [0.5, 0.6) is 0 Å². The lowest BCUT2D eigenvalue weighted by atomic mass is 9.59. The van der Waals surface area contributed by atoms with Crippen LogP contribution in [0.4, 0.5) is 0 Å². The molecule has 3 aliphatic rings. The Hall–Kier alpha value is 0. The number of hydrogen-bond acceptors (Lipinski definition) is 0. The summed E-state index contributed by atoms with van der Waals surface area (Å²) in [7, 11) is 0. The molecule has 2 bridgehead atoms. The van der Waals surface area contributed by atoms with Gasteiger partial charge in [0.15, 0.2) is 0 Å². The van der Waals surface area contributed by atoms with Crippen LogP contribution < -0.4 is 0 Å². The van der Waals surface area contributed by atoms with Crippen LogP contribution in [0.1, 0.15) is 79.1 Å². The normalized spacial score (nSPS) is 45.2. The van der Waals surface area contributed by atoms with Crippen molar-refractivity contribution in [2.24, 2.45) is 22.7 Å². The molecular weight excluding hydrogens is 192 g/mol. The first-order valence-corrected chi connectivity index (χ1v) is 7.43. The maximum Gasteiger partial charge on any atom is -0.0323 e. The van der Waals surface area contributed by atoms with Crippen molar-refractivity contribution in [3.05, 3.63) is 0 Å². The van der Waals surface area contributed by atoms with Crippen LogP contribution in [0.15, 0.2) is 0 Å². The summed E-state index contributed by atoms with van der Waals surface area (Å²) >= 11 is 0. The van der Waals surface area contributed by atoms with E-state index in [1.165, 1.54) is 51.4 Å². The third-order valence-electron chi connectivity index (χ3n) is 5.57. The fourth-order valence-corrected chi connectivity index (χ4v) is 4.35. The maximum absolute atomic E-state index is 2.57. The van der Waals surface area contributed by atoms with Gasteiger partial charge in [-0.2, -0.15) is 0 Å². The Labute approximate surface area is 102 Å². The van der Waals surface area contributed by atoms with Crippen molar-refractivity contribution in [3.8, 4) is 0 Å². The van der Waals surface area contributed by atoms with Gasteiger partial charge < -0.3 is 0 Å². The van der Waals surface area contributed by atoms with Crippen molar-refractivity contribution in [1.29, 1.82) is 0 Å². The third-order valence-corrected chi connectivity index (χ3v) is 5.57. The Bertz CT molecular complexity index is 208. The average Bonchev–Trinajstić information content (AvgIpc) is 2.11. The van der Waals surface area contributed by atoms with E-state index in [1.807, 2.05) is 0 Å². The first-order valence-electron chi connectivity index (χ1n) is 7.43. The minimum absolute atomic E-state index is 0.677. The maximum atomic E-state index is 2.57. The van der Waals surface area contributed by atoms with Gasteiger partial charge in [0.05, 0.1) is 0 Å². The highest BCUT2D eigenvalue weighted by atomic mass is 14.4. The molecule has 0 aromatic heterocycles. The minimum atomic E-state index is 0.677. The van der Waals surface area contributed by atoms with Gasteiger partial charge >= 0.3 is 0 Å². The second-order valence-electron chi connectivity index (χ2n) is 7.74. The first-order chi connectivity index (χ1) is 7.43. The van der Waals surface area contributed by atoms with Crippen molar-refractivity contribution in [2.45, 2.75) is 79.1 Å². The topological polar surface area (TPSA) is 0 Å². The minimum Gasteiger partial charge on any atom is -0.0625 e. The van der Waals surface area contributed by atoms with E-state index in [-0.39, 0.29) is 0 Å². The molecule has 0 aromatic carbocycles. The van der Waals surface area contributed by atoms with E-state index in [0.29, 0.717) is 10.8 Å². The highest BCUT2D eigenvalue weighted by Gasteiger charge is 2.39. The van der Waals surface area contributed by atoms with Crippen LogP contribution >= 0.6 is 0 Å². The third kappa shape index (κ3) is 2.63. The number of rotatable bonds is 1. The average molecular weight is 222 g/mol. The molecule has 0 radical (unpaired) electrons. The molecule has 0 spiro atoms. The fourth-order valence-electron chi connectivity index (χ4n) is 4.35. The van der Waals surface area contributed by atoms with Crippen LogP contribution in [0, 0.1) is 22.7 Å². The van der Waals surface area contributed by atoms with Gasteiger partial charge in [-0.05, 0) is 61.2 Å². The molecule has 0 atom stereocenters. The van der Waals surface area contributed by atoms with Gasteiger partial charge in [0.2, 0.25) is 0 Å². The smallest absolute Gasteiger partial charge is 0.0323 e. The molecule has 0 aliphatic heterocycles. The Morgan fingerprint density at radius 1 is 0.812 bits per heavy atom. The standard InChI is InChI=1S/C16H30/c1-13(2)14-11-15(3)7-5-9-16(4,12-14)10-6-8-15/h13-14H,5-12H2,1-4H3. The molecule has 0 heterocycles. The molecule has 94 valence electrons. The van der Waals surface area contributed by atoms with Crippen molar-refractivity contribution in [1.82, 2.24) is 0 Å². The van der Waals surface area contributed by atoms with E-state index in [1.54, 1.807) is 0 Å². The predicted molar refractivity (Wildman–Crippen MR) is 71.5 cm³/mol. The Morgan fingerprint density at radius 3 is 1.50 bits per heavy atom. The molecule has 3 rings (SSSR count). The summed E-state index contributed by atoms with van der Waals surface area (Å²) < 4.78 is 0. The summed E-state index contributed by atoms with van der Waals surface area (Å²) in [5.74, 6) is 1.87. The number of hydrogen-bond donors (Lipinski definition) is 0. The summed E-state index contributed by atoms with van der Waals surface area (Å²) in [4.78, 5) is 0. The quantitative estimate of drug-likeness (QED) is 0.556. The van der Waals surface area contributed by atoms with Crippen molar-refractivity contribution in [3.63, 3.8) is 0 Å². The van der Waals surface area contributed by atoms with Crippen LogP contribution in [-0.2, 0) is 0 Å². The summed E-state index contributed by atoms with van der Waals surface area (Å²) in [6.07, 6.45) is 11.9. The van der Waals surface area contributed by atoms with Gasteiger partial charge in [-0.25, -0.2) is 0 Å². The lowest BCUT2D eigenvalue weighted by Crippen LogP contribution is -2.35. The second kappa shape index (κ2) is 4.35. The Kier molecular flexibility index (Phi) is 3.39.